The van der Waals surface area contributed by atoms with E-state index >= 15 is 0 Å². The second kappa shape index (κ2) is 5.49. The van der Waals surface area contributed by atoms with Gasteiger partial charge in [0, 0.05) is 29.4 Å². The first kappa shape index (κ1) is 14.3. The van der Waals surface area contributed by atoms with E-state index in [1.165, 1.54) is 22.2 Å². The molecule has 2 aromatic carbocycles. The lowest BCUT2D eigenvalue weighted by Gasteiger charge is -2.13. The summed E-state index contributed by atoms with van der Waals surface area (Å²) in [5.41, 5.74) is 12.7. The third-order valence-corrected chi connectivity index (χ3v) is 5.28. The molecule has 0 bridgehead atoms. The average molecular weight is 325 g/mol. The van der Waals surface area contributed by atoms with Gasteiger partial charge in [0.05, 0.1) is 5.52 Å². The lowest BCUT2D eigenvalue weighted by molar-refractivity contribution is 0.547. The third-order valence-electron chi connectivity index (χ3n) is 5.28. The summed E-state index contributed by atoms with van der Waals surface area (Å²) in [5.74, 6) is 0.602. The fourth-order valence-electron chi connectivity index (χ4n) is 4.10. The number of nitrogen functional groups attached to an aromatic ring is 1. The molecule has 0 atom stereocenters. The lowest BCUT2D eigenvalue weighted by atomic mass is 10.1. The van der Waals surface area contributed by atoms with E-state index in [9.17, 15) is 0 Å². The van der Waals surface area contributed by atoms with Crippen LogP contribution in [0.4, 0.5) is 5.82 Å². The Kier molecular flexibility index (Phi) is 3.14. The van der Waals surface area contributed by atoms with Crippen molar-refractivity contribution in [1.82, 2.24) is 9.55 Å². The molecule has 5 rings (SSSR count). The van der Waals surface area contributed by atoms with Crippen LogP contribution in [0.5, 0.6) is 0 Å². The van der Waals surface area contributed by atoms with Crippen molar-refractivity contribution in [2.45, 2.75) is 18.9 Å². The van der Waals surface area contributed by atoms with Crippen molar-refractivity contribution in [3.63, 3.8) is 0 Å². The van der Waals surface area contributed by atoms with Crippen LogP contribution in [0.2, 0.25) is 0 Å². The average Bonchev–Trinajstić information content (AvgIpc) is 3.24. The normalized spacial score (nSPS) is 14.1. The monoisotopic (exact) mass is 325 g/mol. The predicted molar refractivity (Wildman–Crippen MR) is 102 cm³/mol. The number of hydrogen-bond donors (Lipinski definition) is 1. The molecule has 2 N–H and O–H groups in total. The van der Waals surface area contributed by atoms with Gasteiger partial charge in [-0.15, -0.1) is 0 Å². The number of fused-ring (bicyclic) bond motifs is 2. The molecule has 25 heavy (non-hydrogen) atoms. The summed E-state index contributed by atoms with van der Waals surface area (Å²) >= 11 is 0. The number of benzene rings is 2. The molecule has 0 aliphatic heterocycles. The number of aromatic nitrogens is 2. The molecule has 0 fully saturated rings. The molecule has 2 heterocycles. The van der Waals surface area contributed by atoms with Crippen molar-refractivity contribution in [3.05, 3.63) is 84.2 Å². The van der Waals surface area contributed by atoms with Gasteiger partial charge in [0.1, 0.15) is 5.82 Å². The molecule has 1 aliphatic carbocycles. The minimum Gasteiger partial charge on any atom is -0.383 e. The maximum atomic E-state index is 6.27. The zero-order valence-corrected chi connectivity index (χ0v) is 13.9. The van der Waals surface area contributed by atoms with Gasteiger partial charge >= 0.3 is 0 Å². The maximum Gasteiger partial charge on any atom is 0.133 e. The fraction of sp³-hybridized carbons (Fsp3) is 0.136. The molecule has 1 aliphatic rings. The molecule has 0 amide bonds. The highest BCUT2D eigenvalue weighted by Crippen LogP contribution is 2.38. The molecular formula is C22H19N3. The molecule has 0 spiro atoms. The van der Waals surface area contributed by atoms with Crippen molar-refractivity contribution in [1.29, 1.82) is 0 Å². The van der Waals surface area contributed by atoms with Gasteiger partial charge < -0.3 is 10.3 Å². The molecular weight excluding hydrogens is 306 g/mol. The van der Waals surface area contributed by atoms with Gasteiger partial charge in [-0.3, -0.25) is 0 Å². The van der Waals surface area contributed by atoms with Gasteiger partial charge in [-0.05, 0) is 35.6 Å². The molecule has 122 valence electrons. The van der Waals surface area contributed by atoms with Crippen molar-refractivity contribution >= 4 is 16.7 Å². The molecule has 3 heteroatoms. The van der Waals surface area contributed by atoms with Crippen molar-refractivity contribution < 1.29 is 0 Å². The first-order chi connectivity index (χ1) is 12.3. The van der Waals surface area contributed by atoms with Gasteiger partial charge in [-0.25, -0.2) is 4.98 Å². The Hall–Kier alpha value is -3.07. The van der Waals surface area contributed by atoms with Crippen LogP contribution in [0.3, 0.4) is 0 Å². The second-order valence-corrected chi connectivity index (χ2v) is 6.74. The van der Waals surface area contributed by atoms with E-state index in [0.29, 0.717) is 11.9 Å². The molecule has 0 radical (unpaired) electrons. The highest BCUT2D eigenvalue weighted by Gasteiger charge is 2.25. The van der Waals surface area contributed by atoms with E-state index < -0.39 is 0 Å². The van der Waals surface area contributed by atoms with Crippen LogP contribution in [-0.2, 0) is 12.8 Å². The number of nitrogens with zero attached hydrogens (tertiary/aromatic N) is 2. The number of hydrogen-bond acceptors (Lipinski definition) is 2. The molecule has 0 saturated heterocycles. The van der Waals surface area contributed by atoms with Crippen LogP contribution in [0, 0.1) is 0 Å². The number of anilines is 1. The minimum atomic E-state index is 0.430. The van der Waals surface area contributed by atoms with Gasteiger partial charge in [-0.2, -0.15) is 0 Å². The summed E-state index contributed by atoms with van der Waals surface area (Å²) in [6.45, 7) is 0. The van der Waals surface area contributed by atoms with Gasteiger partial charge in [-0.1, -0.05) is 54.6 Å². The lowest BCUT2D eigenvalue weighted by Crippen LogP contribution is -2.07. The number of nitrogens with two attached hydrogens (primary N) is 1. The van der Waals surface area contributed by atoms with Crippen molar-refractivity contribution in [2.24, 2.45) is 0 Å². The van der Waals surface area contributed by atoms with E-state index in [4.69, 9.17) is 5.73 Å². The zero-order chi connectivity index (χ0) is 16.8. The smallest absolute Gasteiger partial charge is 0.133 e. The fourth-order valence-corrected chi connectivity index (χ4v) is 4.10. The van der Waals surface area contributed by atoms with Crippen LogP contribution in [0.25, 0.3) is 22.0 Å². The van der Waals surface area contributed by atoms with E-state index in [1.54, 1.807) is 0 Å². The Balaban J connectivity index is 1.69. The van der Waals surface area contributed by atoms with Crippen LogP contribution in [0.15, 0.2) is 73.1 Å². The third kappa shape index (κ3) is 2.23. The maximum absolute atomic E-state index is 6.27. The van der Waals surface area contributed by atoms with E-state index in [1.807, 2.05) is 12.3 Å². The number of pyridine rings is 1. The predicted octanol–water partition coefficient (Wildman–Crippen LogP) is 4.63. The number of rotatable bonds is 2. The quantitative estimate of drug-likeness (QED) is 0.584. The van der Waals surface area contributed by atoms with Gasteiger partial charge in [0.15, 0.2) is 0 Å². The molecule has 0 saturated carbocycles. The minimum absolute atomic E-state index is 0.430. The summed E-state index contributed by atoms with van der Waals surface area (Å²) in [7, 11) is 0. The highest BCUT2D eigenvalue weighted by molar-refractivity contribution is 6.02. The van der Waals surface area contributed by atoms with Crippen LogP contribution in [-0.4, -0.2) is 9.55 Å². The summed E-state index contributed by atoms with van der Waals surface area (Å²) in [6.07, 6.45) is 6.20. The largest absolute Gasteiger partial charge is 0.383 e. The molecule has 4 aromatic rings. The summed E-state index contributed by atoms with van der Waals surface area (Å²) < 4.78 is 2.40. The Bertz CT molecular complexity index is 1040. The first-order valence-corrected chi connectivity index (χ1v) is 8.68. The highest BCUT2D eigenvalue weighted by atomic mass is 15.0. The van der Waals surface area contributed by atoms with Crippen LogP contribution in [0.1, 0.15) is 17.2 Å². The summed E-state index contributed by atoms with van der Waals surface area (Å²) in [4.78, 5) is 4.34. The van der Waals surface area contributed by atoms with Crippen molar-refractivity contribution in [2.75, 3.05) is 5.73 Å². The van der Waals surface area contributed by atoms with E-state index in [2.05, 4.69) is 70.3 Å². The SMILES string of the molecule is Nc1nccc2c1c(-c1ccccc1)cn2C1Cc2ccccc2C1. The van der Waals surface area contributed by atoms with Gasteiger partial charge in [0.25, 0.3) is 0 Å². The van der Waals surface area contributed by atoms with E-state index in [-0.39, 0.29) is 0 Å². The van der Waals surface area contributed by atoms with Gasteiger partial charge in [0.2, 0.25) is 0 Å². The van der Waals surface area contributed by atoms with E-state index in [0.717, 1.165) is 23.8 Å². The second-order valence-electron chi connectivity index (χ2n) is 6.74. The first-order valence-electron chi connectivity index (χ1n) is 8.68. The van der Waals surface area contributed by atoms with Crippen molar-refractivity contribution in [3.8, 4) is 11.1 Å². The van der Waals surface area contributed by atoms with Crippen LogP contribution >= 0.6 is 0 Å². The van der Waals surface area contributed by atoms with Crippen LogP contribution < -0.4 is 5.73 Å². The summed E-state index contributed by atoms with van der Waals surface area (Å²) in [6, 6.07) is 21.7. The summed E-state index contributed by atoms with van der Waals surface area (Å²) in [5, 5.41) is 1.06. The molecule has 0 unspecified atom stereocenters. The topological polar surface area (TPSA) is 43.8 Å². The Labute approximate surface area is 146 Å². The Morgan fingerprint density at radius 3 is 2.28 bits per heavy atom. The molecule has 3 nitrogen and oxygen atoms in total. The standard InChI is InChI=1S/C22H19N3/c23-22-21-19(15-6-2-1-3-7-15)14-25(20(21)10-11-24-22)18-12-16-8-4-5-9-17(16)13-18/h1-11,14,18H,12-13H2,(H2,23,24). The molecule has 2 aromatic heterocycles. The zero-order valence-electron chi connectivity index (χ0n) is 13.9. The Morgan fingerprint density at radius 1 is 0.880 bits per heavy atom. The Morgan fingerprint density at radius 2 is 1.56 bits per heavy atom.